The number of nitrogens with two attached hydrogens (primary N) is 1. The van der Waals surface area contributed by atoms with Crippen molar-refractivity contribution in [3.8, 4) is 0 Å². The Balaban J connectivity index is 2.60. The van der Waals surface area contributed by atoms with E-state index in [-0.39, 0.29) is 6.10 Å². The summed E-state index contributed by atoms with van der Waals surface area (Å²) in [5.74, 6) is 0. The molecule has 0 amide bonds. The highest BCUT2D eigenvalue weighted by Gasteiger charge is 2.21. The van der Waals surface area contributed by atoms with Gasteiger partial charge >= 0.3 is 0 Å². The Labute approximate surface area is 85.9 Å². The predicted molar refractivity (Wildman–Crippen MR) is 56.5 cm³/mol. The number of aliphatic hydroxyl groups excluding tert-OH is 1. The summed E-state index contributed by atoms with van der Waals surface area (Å²) in [6.45, 7) is 0. The molecule has 13 heavy (non-hydrogen) atoms. The highest BCUT2D eigenvalue weighted by atomic mass is 79.9. The quantitative estimate of drug-likeness (QED) is 0.686. The van der Waals surface area contributed by atoms with Gasteiger partial charge in [0, 0.05) is 15.7 Å². The second-order valence-electron chi connectivity index (χ2n) is 3.44. The van der Waals surface area contributed by atoms with Crippen LogP contribution in [-0.2, 0) is 6.42 Å². The lowest BCUT2D eigenvalue weighted by atomic mass is 9.88. The van der Waals surface area contributed by atoms with Gasteiger partial charge in [-0.2, -0.15) is 0 Å². The van der Waals surface area contributed by atoms with Gasteiger partial charge in [-0.15, -0.1) is 0 Å². The maximum absolute atomic E-state index is 9.77. The zero-order chi connectivity index (χ0) is 9.42. The smallest absolute Gasteiger partial charge is 0.0813 e. The standard InChI is InChI=1S/C10H12BrNO/c11-7-4-5-8(12)10-6(7)2-1-3-9(10)13/h4-5,9,13H,1-3,12H2. The number of halogens is 1. The second kappa shape index (κ2) is 3.31. The van der Waals surface area contributed by atoms with E-state index in [0.29, 0.717) is 5.69 Å². The monoisotopic (exact) mass is 241 g/mol. The number of nitrogen functional groups attached to an aromatic ring is 1. The van der Waals surface area contributed by atoms with E-state index in [1.165, 1.54) is 5.56 Å². The van der Waals surface area contributed by atoms with Gasteiger partial charge in [-0.05, 0) is 37.0 Å². The van der Waals surface area contributed by atoms with Crippen molar-refractivity contribution in [1.82, 2.24) is 0 Å². The molecule has 0 saturated heterocycles. The van der Waals surface area contributed by atoms with Gasteiger partial charge < -0.3 is 10.8 Å². The molecule has 1 aromatic carbocycles. The van der Waals surface area contributed by atoms with Crippen LogP contribution in [0, 0.1) is 0 Å². The molecular formula is C10H12BrNO. The molecule has 0 bridgehead atoms. The van der Waals surface area contributed by atoms with Crippen molar-refractivity contribution in [3.63, 3.8) is 0 Å². The van der Waals surface area contributed by atoms with Crippen LogP contribution in [0.3, 0.4) is 0 Å². The van der Waals surface area contributed by atoms with Gasteiger partial charge in [0.2, 0.25) is 0 Å². The third-order valence-electron chi connectivity index (χ3n) is 2.57. The summed E-state index contributed by atoms with van der Waals surface area (Å²) < 4.78 is 1.07. The van der Waals surface area contributed by atoms with E-state index >= 15 is 0 Å². The van der Waals surface area contributed by atoms with E-state index in [9.17, 15) is 5.11 Å². The lowest BCUT2D eigenvalue weighted by molar-refractivity contribution is 0.157. The number of aliphatic hydroxyl groups is 1. The molecule has 0 fully saturated rings. The van der Waals surface area contributed by atoms with E-state index in [2.05, 4.69) is 15.9 Å². The molecule has 1 atom stereocenters. The molecule has 0 radical (unpaired) electrons. The highest BCUT2D eigenvalue weighted by molar-refractivity contribution is 9.10. The van der Waals surface area contributed by atoms with Gasteiger partial charge in [-0.1, -0.05) is 15.9 Å². The van der Waals surface area contributed by atoms with Crippen LogP contribution < -0.4 is 5.73 Å². The van der Waals surface area contributed by atoms with Crippen LogP contribution in [0.5, 0.6) is 0 Å². The molecule has 0 heterocycles. The van der Waals surface area contributed by atoms with Crippen LogP contribution >= 0.6 is 15.9 Å². The summed E-state index contributed by atoms with van der Waals surface area (Å²) in [5, 5.41) is 9.77. The number of hydrogen-bond acceptors (Lipinski definition) is 2. The molecule has 0 saturated carbocycles. The van der Waals surface area contributed by atoms with Gasteiger partial charge in [0.25, 0.3) is 0 Å². The number of benzene rings is 1. The van der Waals surface area contributed by atoms with Crippen molar-refractivity contribution in [1.29, 1.82) is 0 Å². The lowest BCUT2D eigenvalue weighted by Crippen LogP contribution is -2.12. The minimum absolute atomic E-state index is 0.374. The molecule has 1 unspecified atom stereocenters. The maximum Gasteiger partial charge on any atom is 0.0813 e. The Kier molecular flexibility index (Phi) is 2.30. The molecule has 0 aliphatic heterocycles. The Morgan fingerprint density at radius 3 is 2.92 bits per heavy atom. The third kappa shape index (κ3) is 1.46. The van der Waals surface area contributed by atoms with Crippen molar-refractivity contribution in [2.24, 2.45) is 0 Å². The number of anilines is 1. The summed E-state index contributed by atoms with van der Waals surface area (Å²) in [7, 11) is 0. The van der Waals surface area contributed by atoms with Crippen molar-refractivity contribution in [2.75, 3.05) is 5.73 Å². The first-order valence-electron chi connectivity index (χ1n) is 4.45. The van der Waals surface area contributed by atoms with Crippen LogP contribution in [0.4, 0.5) is 5.69 Å². The number of hydrogen-bond donors (Lipinski definition) is 2. The first-order chi connectivity index (χ1) is 6.20. The largest absolute Gasteiger partial charge is 0.398 e. The number of rotatable bonds is 0. The molecule has 1 aliphatic rings. The predicted octanol–water partition coefficient (Wildman–Crippen LogP) is 2.40. The van der Waals surface area contributed by atoms with E-state index in [1.54, 1.807) is 0 Å². The maximum atomic E-state index is 9.77. The Morgan fingerprint density at radius 1 is 1.46 bits per heavy atom. The van der Waals surface area contributed by atoms with Gasteiger partial charge in [0.05, 0.1) is 6.10 Å². The molecule has 2 rings (SSSR count). The number of fused-ring (bicyclic) bond motifs is 1. The average Bonchev–Trinajstić information content (AvgIpc) is 2.12. The summed E-state index contributed by atoms with van der Waals surface area (Å²) >= 11 is 3.48. The van der Waals surface area contributed by atoms with Crippen LogP contribution in [0.2, 0.25) is 0 Å². The molecule has 3 N–H and O–H groups in total. The highest BCUT2D eigenvalue weighted by Crippen LogP contribution is 2.37. The first kappa shape index (κ1) is 9.03. The van der Waals surface area contributed by atoms with Gasteiger partial charge in [0.15, 0.2) is 0 Å². The molecular weight excluding hydrogens is 230 g/mol. The molecule has 1 aliphatic carbocycles. The average molecular weight is 242 g/mol. The van der Waals surface area contributed by atoms with E-state index < -0.39 is 0 Å². The van der Waals surface area contributed by atoms with Crippen LogP contribution in [-0.4, -0.2) is 5.11 Å². The molecule has 70 valence electrons. The molecule has 2 nitrogen and oxygen atoms in total. The molecule has 0 spiro atoms. The van der Waals surface area contributed by atoms with Gasteiger partial charge in [0.1, 0.15) is 0 Å². The normalized spacial score (nSPS) is 21.2. The van der Waals surface area contributed by atoms with Crippen molar-refractivity contribution < 1.29 is 5.11 Å². The van der Waals surface area contributed by atoms with E-state index in [4.69, 9.17) is 5.73 Å². The minimum Gasteiger partial charge on any atom is -0.398 e. The second-order valence-corrected chi connectivity index (χ2v) is 4.29. The zero-order valence-corrected chi connectivity index (χ0v) is 8.84. The van der Waals surface area contributed by atoms with E-state index in [1.807, 2.05) is 12.1 Å². The lowest BCUT2D eigenvalue weighted by Gasteiger charge is -2.23. The molecule has 1 aromatic rings. The van der Waals surface area contributed by atoms with Crippen LogP contribution in [0.1, 0.15) is 30.1 Å². The Hall–Kier alpha value is -0.540. The zero-order valence-electron chi connectivity index (χ0n) is 7.26. The Bertz CT molecular complexity index is 338. The topological polar surface area (TPSA) is 46.2 Å². The Morgan fingerprint density at radius 2 is 2.23 bits per heavy atom. The summed E-state index contributed by atoms with van der Waals surface area (Å²) in [4.78, 5) is 0. The summed E-state index contributed by atoms with van der Waals surface area (Å²) in [6.07, 6.45) is 2.50. The van der Waals surface area contributed by atoms with Crippen molar-refractivity contribution in [3.05, 3.63) is 27.7 Å². The fourth-order valence-corrected chi connectivity index (χ4v) is 2.46. The van der Waals surface area contributed by atoms with Crippen LogP contribution in [0.25, 0.3) is 0 Å². The minimum atomic E-state index is -0.374. The van der Waals surface area contributed by atoms with Crippen LogP contribution in [0.15, 0.2) is 16.6 Å². The SMILES string of the molecule is Nc1ccc(Br)c2c1C(O)CCC2. The summed E-state index contributed by atoms with van der Waals surface area (Å²) in [5.41, 5.74) is 8.64. The van der Waals surface area contributed by atoms with Crippen molar-refractivity contribution in [2.45, 2.75) is 25.4 Å². The summed E-state index contributed by atoms with van der Waals surface area (Å²) in [6, 6.07) is 3.80. The molecule has 3 heteroatoms. The van der Waals surface area contributed by atoms with E-state index in [0.717, 1.165) is 29.3 Å². The van der Waals surface area contributed by atoms with Gasteiger partial charge in [-0.25, -0.2) is 0 Å². The first-order valence-corrected chi connectivity index (χ1v) is 5.24. The van der Waals surface area contributed by atoms with Gasteiger partial charge in [-0.3, -0.25) is 0 Å². The van der Waals surface area contributed by atoms with Crippen molar-refractivity contribution >= 4 is 21.6 Å². The third-order valence-corrected chi connectivity index (χ3v) is 3.31. The fraction of sp³-hybridized carbons (Fsp3) is 0.400. The molecule has 0 aromatic heterocycles. The fourth-order valence-electron chi connectivity index (χ4n) is 1.92.